The van der Waals surface area contributed by atoms with Crippen molar-refractivity contribution in [3.8, 4) is 0 Å². The van der Waals surface area contributed by atoms with Gasteiger partial charge in [0.25, 0.3) is 0 Å². The second-order valence-corrected chi connectivity index (χ2v) is 3.01. The van der Waals surface area contributed by atoms with Gasteiger partial charge in [-0.2, -0.15) is 0 Å². The van der Waals surface area contributed by atoms with Crippen molar-refractivity contribution in [2.24, 2.45) is 5.92 Å². The first kappa shape index (κ1) is 5.45. The van der Waals surface area contributed by atoms with Gasteiger partial charge in [-0.05, 0) is 12.3 Å². The standard InChI is InChI=1S/C5H11NS/c1-5-2-3-6-7-4-5/h5-6H,2-4H2,1H3/t5-/m1/s1. The molecule has 0 bridgehead atoms. The molecule has 1 atom stereocenters. The van der Waals surface area contributed by atoms with E-state index in [0.29, 0.717) is 0 Å². The lowest BCUT2D eigenvalue weighted by Crippen LogP contribution is -2.19. The van der Waals surface area contributed by atoms with Crippen molar-refractivity contribution < 1.29 is 0 Å². The average Bonchev–Trinajstić information content (AvgIpc) is 1.69. The zero-order valence-electron chi connectivity index (χ0n) is 4.61. The van der Waals surface area contributed by atoms with Crippen molar-refractivity contribution in [2.45, 2.75) is 13.3 Å². The van der Waals surface area contributed by atoms with E-state index in [2.05, 4.69) is 11.6 Å². The predicted octanol–water partition coefficient (Wildman–Crippen LogP) is 1.26. The average molecular weight is 117 g/mol. The first-order chi connectivity index (χ1) is 3.39. The van der Waals surface area contributed by atoms with Gasteiger partial charge in [0.15, 0.2) is 0 Å². The molecule has 0 aromatic heterocycles. The zero-order valence-corrected chi connectivity index (χ0v) is 5.42. The first-order valence-electron chi connectivity index (χ1n) is 2.74. The number of rotatable bonds is 0. The van der Waals surface area contributed by atoms with Crippen LogP contribution in [0.25, 0.3) is 0 Å². The fourth-order valence-corrected chi connectivity index (χ4v) is 1.49. The van der Waals surface area contributed by atoms with Crippen LogP contribution < -0.4 is 4.72 Å². The minimum absolute atomic E-state index is 0.936. The monoisotopic (exact) mass is 117 g/mol. The maximum Gasteiger partial charge on any atom is 0.0105 e. The summed E-state index contributed by atoms with van der Waals surface area (Å²) in [7, 11) is 0. The van der Waals surface area contributed by atoms with Crippen LogP contribution in [0.5, 0.6) is 0 Å². The van der Waals surface area contributed by atoms with Crippen LogP contribution in [0.15, 0.2) is 0 Å². The highest BCUT2D eigenvalue weighted by Gasteiger charge is 2.05. The molecule has 1 saturated heterocycles. The molecule has 0 spiro atoms. The predicted molar refractivity (Wildman–Crippen MR) is 34.2 cm³/mol. The Morgan fingerprint density at radius 3 is 2.86 bits per heavy atom. The molecule has 42 valence electrons. The summed E-state index contributed by atoms with van der Waals surface area (Å²) in [5.74, 6) is 2.23. The SMILES string of the molecule is C[C@@H]1CCNSC1. The molecule has 1 N–H and O–H groups in total. The van der Waals surface area contributed by atoms with Crippen molar-refractivity contribution in [3.63, 3.8) is 0 Å². The summed E-state index contributed by atoms with van der Waals surface area (Å²) in [6.07, 6.45) is 1.35. The van der Waals surface area contributed by atoms with Gasteiger partial charge in [0, 0.05) is 12.3 Å². The van der Waals surface area contributed by atoms with E-state index < -0.39 is 0 Å². The van der Waals surface area contributed by atoms with E-state index in [1.165, 1.54) is 18.7 Å². The second kappa shape index (κ2) is 2.58. The Labute approximate surface area is 49.0 Å². The van der Waals surface area contributed by atoms with Crippen LogP contribution in [0.4, 0.5) is 0 Å². The van der Waals surface area contributed by atoms with Crippen LogP contribution in [0, 0.1) is 5.92 Å². The Hall–Kier alpha value is 0.310. The van der Waals surface area contributed by atoms with Gasteiger partial charge in [-0.1, -0.05) is 18.9 Å². The molecule has 1 fully saturated rings. The quantitative estimate of drug-likeness (QED) is 0.479. The minimum Gasteiger partial charge on any atom is -0.264 e. The summed E-state index contributed by atoms with van der Waals surface area (Å²) < 4.78 is 3.23. The molecule has 1 aliphatic heterocycles. The van der Waals surface area contributed by atoms with E-state index in [4.69, 9.17) is 0 Å². The van der Waals surface area contributed by atoms with Crippen molar-refractivity contribution in [2.75, 3.05) is 12.3 Å². The maximum absolute atomic E-state index is 3.23. The van der Waals surface area contributed by atoms with E-state index in [1.54, 1.807) is 0 Å². The van der Waals surface area contributed by atoms with Crippen molar-refractivity contribution in [1.29, 1.82) is 0 Å². The summed E-state index contributed by atoms with van der Waals surface area (Å²) in [6.45, 7) is 3.50. The van der Waals surface area contributed by atoms with Crippen LogP contribution in [0.3, 0.4) is 0 Å². The number of hydrogen-bond acceptors (Lipinski definition) is 2. The third-order valence-electron chi connectivity index (χ3n) is 1.21. The van der Waals surface area contributed by atoms with Crippen LogP contribution in [0.1, 0.15) is 13.3 Å². The van der Waals surface area contributed by atoms with Crippen LogP contribution in [-0.4, -0.2) is 12.3 Å². The normalized spacial score (nSPS) is 33.0. The van der Waals surface area contributed by atoms with Gasteiger partial charge in [-0.25, -0.2) is 0 Å². The highest BCUT2D eigenvalue weighted by atomic mass is 32.2. The van der Waals surface area contributed by atoms with Gasteiger partial charge in [0.1, 0.15) is 0 Å². The summed E-state index contributed by atoms with van der Waals surface area (Å²) >= 11 is 1.85. The van der Waals surface area contributed by atoms with Gasteiger partial charge in [-0.3, -0.25) is 4.72 Å². The summed E-state index contributed by atoms with van der Waals surface area (Å²) in [4.78, 5) is 0. The molecule has 1 nitrogen and oxygen atoms in total. The van der Waals surface area contributed by atoms with Crippen LogP contribution in [-0.2, 0) is 0 Å². The molecule has 0 aromatic carbocycles. The Morgan fingerprint density at radius 2 is 2.57 bits per heavy atom. The van der Waals surface area contributed by atoms with Gasteiger partial charge < -0.3 is 0 Å². The topological polar surface area (TPSA) is 12.0 Å². The molecule has 0 amide bonds. The second-order valence-electron chi connectivity index (χ2n) is 2.10. The van der Waals surface area contributed by atoms with E-state index in [-0.39, 0.29) is 0 Å². The number of hydrogen-bond donors (Lipinski definition) is 1. The largest absolute Gasteiger partial charge is 0.264 e. The van der Waals surface area contributed by atoms with Gasteiger partial charge in [-0.15, -0.1) is 0 Å². The van der Waals surface area contributed by atoms with Gasteiger partial charge in [0.2, 0.25) is 0 Å². The third-order valence-corrected chi connectivity index (χ3v) is 2.35. The lowest BCUT2D eigenvalue weighted by molar-refractivity contribution is 0.574. The fourth-order valence-electron chi connectivity index (χ4n) is 0.662. The molecule has 1 heterocycles. The highest BCUT2D eigenvalue weighted by Crippen LogP contribution is 2.12. The lowest BCUT2D eigenvalue weighted by atomic mass is 10.1. The van der Waals surface area contributed by atoms with Crippen molar-refractivity contribution >= 4 is 11.9 Å². The Bertz CT molecular complexity index is 50.0. The third kappa shape index (κ3) is 1.70. The minimum atomic E-state index is 0.936. The lowest BCUT2D eigenvalue weighted by Gasteiger charge is -2.16. The smallest absolute Gasteiger partial charge is 0.0105 e. The molecule has 2 heteroatoms. The van der Waals surface area contributed by atoms with Crippen LogP contribution >= 0.6 is 11.9 Å². The van der Waals surface area contributed by atoms with Gasteiger partial charge >= 0.3 is 0 Å². The fraction of sp³-hybridized carbons (Fsp3) is 1.00. The Kier molecular flexibility index (Phi) is 2.00. The molecule has 0 aromatic rings. The molecule has 0 aliphatic carbocycles. The number of nitrogens with one attached hydrogen (secondary N) is 1. The Balaban J connectivity index is 2.12. The maximum atomic E-state index is 3.23. The molecular weight excluding hydrogens is 106 g/mol. The molecule has 0 unspecified atom stereocenters. The highest BCUT2D eigenvalue weighted by molar-refractivity contribution is 7.97. The summed E-state index contributed by atoms with van der Waals surface area (Å²) in [5, 5.41) is 0. The Morgan fingerprint density at radius 1 is 1.71 bits per heavy atom. The van der Waals surface area contributed by atoms with Crippen LogP contribution in [0.2, 0.25) is 0 Å². The van der Waals surface area contributed by atoms with Gasteiger partial charge in [0.05, 0.1) is 0 Å². The summed E-state index contributed by atoms with van der Waals surface area (Å²) in [5.41, 5.74) is 0. The van der Waals surface area contributed by atoms with Crippen molar-refractivity contribution in [3.05, 3.63) is 0 Å². The van der Waals surface area contributed by atoms with E-state index in [9.17, 15) is 0 Å². The first-order valence-corrected chi connectivity index (χ1v) is 3.73. The van der Waals surface area contributed by atoms with E-state index in [0.717, 1.165) is 5.92 Å². The van der Waals surface area contributed by atoms with E-state index >= 15 is 0 Å². The molecule has 7 heavy (non-hydrogen) atoms. The molecular formula is C5H11NS. The molecule has 1 rings (SSSR count). The summed E-state index contributed by atoms with van der Waals surface area (Å²) in [6, 6.07) is 0. The van der Waals surface area contributed by atoms with Crippen molar-refractivity contribution in [1.82, 2.24) is 4.72 Å². The molecule has 0 saturated carbocycles. The zero-order chi connectivity index (χ0) is 5.11. The molecule has 0 radical (unpaired) electrons. The molecule has 1 aliphatic rings. The van der Waals surface area contributed by atoms with E-state index in [1.807, 2.05) is 11.9 Å².